The largest absolute Gasteiger partial charge is 1.00 e. The molecule has 0 N–H and O–H groups in total. The summed E-state index contributed by atoms with van der Waals surface area (Å²) in [5, 5.41) is 3.25. The minimum absolute atomic E-state index is 0. The van der Waals surface area contributed by atoms with Crippen LogP contribution in [0, 0.1) is 0 Å². The van der Waals surface area contributed by atoms with Crippen LogP contribution in [0.15, 0.2) is 60.7 Å². The van der Waals surface area contributed by atoms with Crippen LogP contribution in [0.3, 0.4) is 0 Å². The van der Waals surface area contributed by atoms with Gasteiger partial charge in [-0.1, -0.05) is 88.8 Å². The van der Waals surface area contributed by atoms with Gasteiger partial charge in [-0.3, -0.25) is 0 Å². The van der Waals surface area contributed by atoms with E-state index in [4.69, 9.17) is 0 Å². The van der Waals surface area contributed by atoms with Gasteiger partial charge in [0.15, 0.2) is 0 Å². The Morgan fingerprint density at radius 1 is 0.500 bits per heavy atom. The number of unbranched alkanes of at least 4 members (excludes halogenated alkanes) is 8. The molecule has 0 bridgehead atoms. The molecule has 156 valence electrons. The molecular weight excluding hydrogens is 379 g/mol. The molecule has 0 unspecified atom stereocenters. The summed E-state index contributed by atoms with van der Waals surface area (Å²) >= 11 is 0. The van der Waals surface area contributed by atoms with Crippen LogP contribution in [-0.2, 0) is 0 Å². The maximum Gasteiger partial charge on any atom is 0.0991 e. The molecule has 0 saturated heterocycles. The number of hydrogen-bond donors (Lipinski definition) is 0. The van der Waals surface area contributed by atoms with Crippen molar-refractivity contribution in [2.45, 2.75) is 78.1 Å². The van der Waals surface area contributed by atoms with Gasteiger partial charge >= 0.3 is 0 Å². The van der Waals surface area contributed by atoms with Crippen LogP contribution < -0.4 is 23.0 Å². The van der Waals surface area contributed by atoms with Crippen LogP contribution in [0.2, 0.25) is 0 Å². The second-order valence-corrected chi connectivity index (χ2v) is 11.8. The molecule has 0 heterocycles. The van der Waals surface area contributed by atoms with Crippen molar-refractivity contribution in [2.75, 3.05) is 12.3 Å². The molecule has 0 nitrogen and oxygen atoms in total. The molecule has 0 saturated carbocycles. The van der Waals surface area contributed by atoms with Crippen molar-refractivity contribution in [3.8, 4) is 0 Å². The molecule has 0 fully saturated rings. The summed E-state index contributed by atoms with van der Waals surface area (Å²) in [5.74, 6) is 0. The van der Waals surface area contributed by atoms with E-state index in [-0.39, 0.29) is 12.4 Å². The number of rotatable bonds is 14. The van der Waals surface area contributed by atoms with E-state index in [2.05, 4.69) is 74.5 Å². The zero-order valence-corrected chi connectivity index (χ0v) is 19.7. The third kappa shape index (κ3) is 7.88. The van der Waals surface area contributed by atoms with Crippen molar-refractivity contribution in [1.82, 2.24) is 0 Å². The quantitative estimate of drug-likeness (QED) is 0.310. The smallest absolute Gasteiger partial charge is 0.0991 e. The maximum absolute atomic E-state index is 2.42. The second kappa shape index (κ2) is 15.1. The van der Waals surface area contributed by atoms with E-state index < -0.39 is 7.26 Å². The Kier molecular flexibility index (Phi) is 13.6. The lowest BCUT2D eigenvalue weighted by molar-refractivity contribution is -0.00000569. The lowest BCUT2D eigenvalue weighted by atomic mass is 10.2. The van der Waals surface area contributed by atoms with Gasteiger partial charge in [-0.15, -0.1) is 0 Å². The van der Waals surface area contributed by atoms with E-state index in [0.717, 1.165) is 0 Å². The predicted octanol–water partition coefficient (Wildman–Crippen LogP) is 4.60. The Morgan fingerprint density at radius 2 is 0.857 bits per heavy atom. The summed E-state index contributed by atoms with van der Waals surface area (Å²) in [6.45, 7) is 4.61. The Morgan fingerprint density at radius 3 is 1.21 bits per heavy atom. The van der Waals surface area contributed by atoms with Crippen molar-refractivity contribution < 1.29 is 12.4 Å². The predicted molar refractivity (Wildman–Crippen MR) is 126 cm³/mol. The van der Waals surface area contributed by atoms with Crippen LogP contribution >= 0.6 is 7.26 Å². The highest BCUT2D eigenvalue weighted by molar-refractivity contribution is 7.89. The van der Waals surface area contributed by atoms with Crippen molar-refractivity contribution in [3.05, 3.63) is 60.7 Å². The van der Waals surface area contributed by atoms with E-state index in [1.165, 1.54) is 76.5 Å². The molecule has 0 radical (unpaired) electrons. The Hall–Kier alpha value is -0.840. The SMILES string of the molecule is CCCCCCC[P+](CCCCCCC)(c1ccccc1)c1ccccc1.[Cl-]. The molecule has 2 heteroatoms. The van der Waals surface area contributed by atoms with Crippen LogP contribution in [0.1, 0.15) is 78.1 Å². The zero-order chi connectivity index (χ0) is 19.2. The first-order valence-electron chi connectivity index (χ1n) is 11.3. The maximum atomic E-state index is 2.42. The highest BCUT2D eigenvalue weighted by atomic mass is 35.5. The topological polar surface area (TPSA) is 0 Å². The van der Waals surface area contributed by atoms with Crippen molar-refractivity contribution in [1.29, 1.82) is 0 Å². The lowest BCUT2D eigenvalue weighted by Crippen LogP contribution is -3.00. The minimum atomic E-state index is -1.30. The van der Waals surface area contributed by atoms with Gasteiger partial charge < -0.3 is 12.4 Å². The molecular formula is C26H40ClP. The fourth-order valence-electron chi connectivity index (χ4n) is 4.17. The fourth-order valence-corrected chi connectivity index (χ4v) is 8.74. The second-order valence-electron chi connectivity index (χ2n) is 7.91. The van der Waals surface area contributed by atoms with Gasteiger partial charge in [-0.05, 0) is 49.9 Å². The third-order valence-corrected chi connectivity index (χ3v) is 10.5. The molecule has 0 aliphatic rings. The summed E-state index contributed by atoms with van der Waals surface area (Å²) in [7, 11) is -1.30. The summed E-state index contributed by atoms with van der Waals surface area (Å²) < 4.78 is 0. The van der Waals surface area contributed by atoms with Gasteiger partial charge in [0.05, 0.1) is 30.2 Å². The number of halogens is 1. The van der Waals surface area contributed by atoms with Gasteiger partial charge in [0, 0.05) is 0 Å². The minimum Gasteiger partial charge on any atom is -1.00 e. The summed E-state index contributed by atoms with van der Waals surface area (Å²) in [6.07, 6.45) is 16.6. The fraction of sp³-hybridized carbons (Fsp3) is 0.538. The van der Waals surface area contributed by atoms with Crippen molar-refractivity contribution in [2.24, 2.45) is 0 Å². The van der Waals surface area contributed by atoms with E-state index in [1.807, 2.05) is 0 Å². The molecule has 0 atom stereocenters. The molecule has 0 amide bonds. The highest BCUT2D eigenvalue weighted by Crippen LogP contribution is 2.57. The van der Waals surface area contributed by atoms with Crippen molar-refractivity contribution in [3.63, 3.8) is 0 Å². The average molecular weight is 419 g/mol. The van der Waals surface area contributed by atoms with Gasteiger partial charge in [0.25, 0.3) is 0 Å². The van der Waals surface area contributed by atoms with Crippen LogP contribution in [0.4, 0.5) is 0 Å². The molecule has 0 aliphatic heterocycles. The third-order valence-electron chi connectivity index (χ3n) is 5.79. The van der Waals surface area contributed by atoms with Gasteiger partial charge in [0.2, 0.25) is 0 Å². The molecule has 0 spiro atoms. The highest BCUT2D eigenvalue weighted by Gasteiger charge is 2.41. The van der Waals surface area contributed by atoms with Crippen molar-refractivity contribution >= 4 is 17.9 Å². The molecule has 2 aromatic carbocycles. The lowest BCUT2D eigenvalue weighted by Gasteiger charge is -2.28. The number of benzene rings is 2. The Balaban J connectivity index is 0.00000392. The first-order chi connectivity index (χ1) is 13.3. The van der Waals surface area contributed by atoms with Gasteiger partial charge in [0.1, 0.15) is 0 Å². The number of hydrogen-bond acceptors (Lipinski definition) is 0. The Bertz CT molecular complexity index is 541. The average Bonchev–Trinajstić information content (AvgIpc) is 2.73. The van der Waals surface area contributed by atoms with Gasteiger partial charge in [-0.25, -0.2) is 0 Å². The van der Waals surface area contributed by atoms with Crippen LogP contribution in [0.25, 0.3) is 0 Å². The molecule has 2 rings (SSSR count). The monoisotopic (exact) mass is 418 g/mol. The van der Waals surface area contributed by atoms with Crippen LogP contribution in [0.5, 0.6) is 0 Å². The molecule has 0 aliphatic carbocycles. The van der Waals surface area contributed by atoms with Crippen LogP contribution in [-0.4, -0.2) is 12.3 Å². The van der Waals surface area contributed by atoms with Gasteiger partial charge in [-0.2, -0.15) is 0 Å². The molecule has 2 aromatic rings. The standard InChI is InChI=1S/C26H40P.ClH/c1-3-5-7-9-17-23-27(24-18-10-8-6-4-2,25-19-13-11-14-20-25)26-21-15-12-16-22-26;/h11-16,19-22H,3-10,17-18,23-24H2,1-2H3;1H/q+1;/p-1. The normalized spacial score (nSPS) is 11.2. The summed E-state index contributed by atoms with van der Waals surface area (Å²) in [5.41, 5.74) is 0. The molecule has 28 heavy (non-hydrogen) atoms. The first kappa shape index (κ1) is 25.2. The summed E-state index contributed by atoms with van der Waals surface area (Å²) in [4.78, 5) is 0. The van der Waals surface area contributed by atoms with E-state index in [1.54, 1.807) is 10.6 Å². The van der Waals surface area contributed by atoms with E-state index in [9.17, 15) is 0 Å². The first-order valence-corrected chi connectivity index (χ1v) is 13.5. The van der Waals surface area contributed by atoms with E-state index >= 15 is 0 Å². The van der Waals surface area contributed by atoms with E-state index in [0.29, 0.717) is 0 Å². The zero-order valence-electron chi connectivity index (χ0n) is 18.1. The summed E-state index contributed by atoms with van der Waals surface area (Å²) in [6, 6.07) is 23.0. The molecule has 0 aromatic heterocycles. The Labute approximate surface area is 181 Å².